The van der Waals surface area contributed by atoms with Crippen molar-refractivity contribution in [3.63, 3.8) is 0 Å². The summed E-state index contributed by atoms with van der Waals surface area (Å²) in [6, 6.07) is 45.5. The van der Waals surface area contributed by atoms with E-state index in [2.05, 4.69) is 119 Å². The van der Waals surface area contributed by atoms with Crippen LogP contribution >= 0.6 is 46.1 Å². The molecule has 116 heavy (non-hydrogen) atoms. The smallest absolute Gasteiger partial charge is 0.262 e. The zero-order valence-electron chi connectivity index (χ0n) is 67.5. The molecule has 1 aliphatic heterocycles. The SMILES string of the molecule is CC.CCCCCCCCCCCCCCCCNS(=O)(=O)c1ccc(Cl)c(NS(=O)(=O)c2ccc(Cl)c(NC(=O)C(C(=O)N3CCc4ccccc43)n3nnc4ccccc43)c2)c1.CN=c1sc2ccccc2n1C.Cc1ccc(CCCC(=O)Nc2ccc(Cl)c(NC(=O)C(C(=O)C(C)(C)C)n3nnc4ccccc43)c2)c(C)c1. The number of thiazole rings is 1. The molecule has 11 aromatic rings. The number of carbonyl (C=O) groups is 5. The lowest BCUT2D eigenvalue weighted by molar-refractivity contribution is -0.136. The third-order valence-electron chi connectivity index (χ3n) is 19.7. The minimum absolute atomic E-state index is 0.00512. The molecule has 616 valence electrons. The quantitative estimate of drug-likeness (QED) is 0.0189. The molecule has 29 heteroatoms. The number of carbonyl (C=O) groups excluding carboxylic acids is 5. The number of halogens is 3. The van der Waals surface area contributed by atoms with Gasteiger partial charge in [-0.2, -0.15) is 0 Å². The number of sulfonamides is 2. The van der Waals surface area contributed by atoms with Gasteiger partial charge in [-0.15, -0.1) is 10.2 Å². The first-order valence-electron chi connectivity index (χ1n) is 39.6. The summed E-state index contributed by atoms with van der Waals surface area (Å²) in [6.45, 7) is 16.2. The first kappa shape index (κ1) is 90.2. The second-order valence-electron chi connectivity index (χ2n) is 29.4. The molecule has 0 saturated heterocycles. The molecular weight excluding hydrogens is 1590 g/mol. The summed E-state index contributed by atoms with van der Waals surface area (Å²) in [5.74, 6) is -2.47. The van der Waals surface area contributed by atoms with E-state index in [0.717, 1.165) is 48.2 Å². The molecule has 0 fully saturated rings. The van der Waals surface area contributed by atoms with Gasteiger partial charge in [0, 0.05) is 50.4 Å². The predicted molar refractivity (Wildman–Crippen MR) is 469 cm³/mol. The van der Waals surface area contributed by atoms with Crippen LogP contribution < -0.4 is 35.1 Å². The normalized spacial score (nSPS) is 12.7. The van der Waals surface area contributed by atoms with Crippen LogP contribution in [0.4, 0.5) is 28.4 Å². The lowest BCUT2D eigenvalue weighted by Gasteiger charge is -2.24. The van der Waals surface area contributed by atoms with E-state index in [1.807, 2.05) is 58.3 Å². The Kier molecular flexibility index (Phi) is 33.4. The van der Waals surface area contributed by atoms with Gasteiger partial charge in [0.25, 0.3) is 27.7 Å². The van der Waals surface area contributed by atoms with Crippen molar-refractivity contribution in [3.05, 3.63) is 212 Å². The van der Waals surface area contributed by atoms with Crippen LogP contribution in [0.2, 0.25) is 15.1 Å². The number of para-hydroxylation sites is 4. The van der Waals surface area contributed by atoms with E-state index in [0.29, 0.717) is 65.7 Å². The van der Waals surface area contributed by atoms with Gasteiger partial charge in [0.05, 0.1) is 63.2 Å². The Morgan fingerprint density at radius 2 is 1.07 bits per heavy atom. The number of benzene rings is 8. The minimum Gasteiger partial charge on any atom is -0.326 e. The number of rotatable bonds is 33. The van der Waals surface area contributed by atoms with Gasteiger partial charge in [0.15, 0.2) is 16.6 Å². The number of unbranched alkanes of at least 4 members (excludes halogenated alkanes) is 13. The third kappa shape index (κ3) is 24.2. The summed E-state index contributed by atoms with van der Waals surface area (Å²) in [5, 5.41) is 25.1. The van der Waals surface area contributed by atoms with Crippen LogP contribution in [0.15, 0.2) is 185 Å². The van der Waals surface area contributed by atoms with Crippen LogP contribution in [0.5, 0.6) is 0 Å². The molecule has 4 amide bonds. The summed E-state index contributed by atoms with van der Waals surface area (Å²) < 4.78 is 65.0. The third-order valence-corrected chi connectivity index (χ3v) is 24.7. The fourth-order valence-electron chi connectivity index (χ4n) is 13.5. The number of nitrogens with zero attached hydrogens (tertiary/aromatic N) is 9. The van der Waals surface area contributed by atoms with Crippen molar-refractivity contribution in [2.45, 2.75) is 193 Å². The van der Waals surface area contributed by atoms with Crippen molar-refractivity contribution in [1.29, 1.82) is 0 Å². The van der Waals surface area contributed by atoms with E-state index in [9.17, 15) is 40.8 Å². The number of fused-ring (bicyclic) bond motifs is 4. The van der Waals surface area contributed by atoms with Crippen molar-refractivity contribution in [2.75, 3.05) is 45.7 Å². The van der Waals surface area contributed by atoms with Gasteiger partial charge >= 0.3 is 0 Å². The van der Waals surface area contributed by atoms with Gasteiger partial charge in [-0.25, -0.2) is 30.9 Å². The Balaban J connectivity index is 0.000000241. The molecule has 3 aromatic heterocycles. The molecule has 5 N–H and O–H groups in total. The average Bonchev–Trinajstić information content (AvgIpc) is 1.58. The van der Waals surface area contributed by atoms with Crippen molar-refractivity contribution < 1.29 is 40.8 Å². The first-order valence-corrected chi connectivity index (χ1v) is 44.5. The summed E-state index contributed by atoms with van der Waals surface area (Å²) >= 11 is 21.0. The van der Waals surface area contributed by atoms with E-state index in [1.165, 1.54) is 130 Å². The topological polar surface area (TPSA) is 296 Å². The Hall–Kier alpha value is -9.67. The highest BCUT2D eigenvalue weighted by Gasteiger charge is 2.40. The van der Waals surface area contributed by atoms with Crippen LogP contribution in [0.25, 0.3) is 32.3 Å². The Bertz CT molecular complexity index is 5550. The van der Waals surface area contributed by atoms with Gasteiger partial charge < -0.3 is 25.4 Å². The molecule has 1 aliphatic rings. The molecule has 0 spiro atoms. The van der Waals surface area contributed by atoms with Gasteiger partial charge in [-0.3, -0.25) is 33.7 Å². The second kappa shape index (κ2) is 43.0. The lowest BCUT2D eigenvalue weighted by Crippen LogP contribution is -2.42. The van der Waals surface area contributed by atoms with Gasteiger partial charge in [0.1, 0.15) is 11.0 Å². The minimum atomic E-state index is -4.43. The molecule has 2 atom stereocenters. The van der Waals surface area contributed by atoms with Crippen LogP contribution in [-0.4, -0.2) is 101 Å². The maximum absolute atomic E-state index is 14.3. The van der Waals surface area contributed by atoms with Crippen molar-refractivity contribution in [1.82, 2.24) is 39.3 Å². The Labute approximate surface area is 699 Å². The van der Waals surface area contributed by atoms with Crippen LogP contribution in [0, 0.1) is 19.3 Å². The summed E-state index contributed by atoms with van der Waals surface area (Å²) in [4.78, 5) is 74.5. The molecule has 4 heterocycles. The molecule has 2 unspecified atom stereocenters. The fourth-order valence-corrected chi connectivity index (χ4v) is 17.2. The lowest BCUT2D eigenvalue weighted by atomic mass is 9.86. The zero-order valence-corrected chi connectivity index (χ0v) is 72.2. The molecule has 0 saturated carbocycles. The van der Waals surface area contributed by atoms with Gasteiger partial charge in [0.2, 0.25) is 22.0 Å². The first-order chi connectivity index (χ1) is 55.7. The summed E-state index contributed by atoms with van der Waals surface area (Å²) in [5.41, 5.74) is 8.26. The number of aryl methyl sites for hydroxylation is 4. The van der Waals surface area contributed by atoms with E-state index in [4.69, 9.17) is 34.8 Å². The molecule has 0 aliphatic carbocycles. The van der Waals surface area contributed by atoms with Crippen molar-refractivity contribution in [2.24, 2.45) is 17.5 Å². The predicted octanol–water partition coefficient (Wildman–Crippen LogP) is 19.3. The van der Waals surface area contributed by atoms with Crippen molar-refractivity contribution >= 4 is 156 Å². The number of amides is 4. The second-order valence-corrected chi connectivity index (χ2v) is 35.0. The van der Waals surface area contributed by atoms with E-state index in [-0.39, 0.29) is 60.2 Å². The van der Waals surface area contributed by atoms with Crippen molar-refractivity contribution in [3.8, 4) is 0 Å². The number of ketones is 1. The number of nitrogens with one attached hydrogen (secondary N) is 5. The molecule has 12 rings (SSSR count). The highest BCUT2D eigenvalue weighted by atomic mass is 35.5. The summed E-state index contributed by atoms with van der Waals surface area (Å²) in [7, 11) is -4.55. The summed E-state index contributed by atoms with van der Waals surface area (Å²) in [6.07, 6.45) is 19.2. The number of hydrogen-bond donors (Lipinski definition) is 5. The van der Waals surface area contributed by atoms with Gasteiger partial charge in [-0.1, -0.05) is 260 Å². The zero-order chi connectivity index (χ0) is 83.7. The monoisotopic (exact) mass is 1690 g/mol. The van der Waals surface area contributed by atoms with Gasteiger partial charge in [-0.05, 0) is 153 Å². The van der Waals surface area contributed by atoms with E-state index in [1.54, 1.807) is 92.8 Å². The van der Waals surface area contributed by atoms with E-state index < -0.39 is 55.3 Å². The largest absolute Gasteiger partial charge is 0.326 e. The Morgan fingerprint density at radius 3 is 1.66 bits per heavy atom. The molecule has 23 nitrogen and oxygen atoms in total. The highest BCUT2D eigenvalue weighted by Crippen LogP contribution is 2.36. The fraction of sp³-hybridized carbons (Fsp3) is 0.379. The highest BCUT2D eigenvalue weighted by molar-refractivity contribution is 7.92. The number of anilines is 5. The molecular formula is C87H105Cl3N14O9S3. The molecule has 0 radical (unpaired) electrons. The molecule has 0 bridgehead atoms. The van der Waals surface area contributed by atoms with Crippen LogP contribution in [0.3, 0.4) is 0 Å². The number of aromatic nitrogens is 7. The van der Waals surface area contributed by atoms with Crippen LogP contribution in [0.1, 0.15) is 179 Å². The van der Waals surface area contributed by atoms with E-state index >= 15 is 0 Å². The maximum atomic E-state index is 14.3. The number of Topliss-reactive ketones (excluding diaryl/α,β-unsaturated/α-hetero) is 1. The Morgan fingerprint density at radius 1 is 0.560 bits per heavy atom. The molecule has 8 aromatic carbocycles. The standard InChI is InChI=1S/C45H55Cl2N7O6S2.C31H34ClN5O3.C9H10N2S.C2H6/c1-2-3-4-5-6-7-8-9-10-11-12-13-14-19-29-48-61(57,58)34-24-27-37(47)40(32-34)51-62(59,60)35-25-26-36(46)39(31-35)49-44(55)43(54-42-23-18-16-21-38(42)50-52-54)45(56)53-30-28-33-20-15-17-22-41(33)53;1-19-13-14-21(20(2)17-19)9-8-12-27(38)33-22-15-16-23(32)25(18-22)34-30(40)28(29(39)31(3,4)5)37-26-11-7-6-10-24(26)35-36-37;1-10-9-11(2)7-5-3-4-6-8(7)12-9;1-2/h15-18,20-27,31-32,43,48,51H,2-14,19,28-30H2,1H3,(H,49,55);6-7,10-11,13-18,28H,8-9,12H2,1-5H3,(H,33,38)(H,34,40);3-6H,1-2H3;1-2H3. The average molecular weight is 1690 g/mol. The number of hydrogen-bond acceptors (Lipinski definition) is 15. The van der Waals surface area contributed by atoms with Crippen LogP contribution in [-0.2, 0) is 63.9 Å². The maximum Gasteiger partial charge on any atom is 0.262 e.